The third-order valence-corrected chi connectivity index (χ3v) is 4.07. The highest BCUT2D eigenvalue weighted by atomic mass is 16.5. The fourth-order valence-electron chi connectivity index (χ4n) is 2.84. The van der Waals surface area contributed by atoms with E-state index in [1.54, 1.807) is 4.80 Å². The number of para-hydroxylation sites is 1. The molecular weight excluding hydrogens is 300 g/mol. The highest BCUT2D eigenvalue weighted by molar-refractivity contribution is 5.72. The fraction of sp³-hybridized carbons (Fsp3) is 0.368. The largest absolute Gasteiger partial charge is 0.372 e. The highest BCUT2D eigenvalue weighted by Gasteiger charge is 2.16. The monoisotopic (exact) mass is 324 g/mol. The van der Waals surface area contributed by atoms with Crippen molar-refractivity contribution >= 4 is 16.7 Å². The van der Waals surface area contributed by atoms with E-state index in [2.05, 4.69) is 46.3 Å². The fourth-order valence-corrected chi connectivity index (χ4v) is 2.84. The number of aromatic nitrogens is 3. The van der Waals surface area contributed by atoms with Crippen LogP contribution in [0, 0.1) is 0 Å². The van der Waals surface area contributed by atoms with E-state index in [0.29, 0.717) is 6.61 Å². The maximum absolute atomic E-state index is 5.90. The Morgan fingerprint density at radius 2 is 1.58 bits per heavy atom. The van der Waals surface area contributed by atoms with E-state index < -0.39 is 0 Å². The second kappa shape index (κ2) is 7.93. The third kappa shape index (κ3) is 3.74. The van der Waals surface area contributed by atoms with Crippen LogP contribution in [0.15, 0.2) is 54.6 Å². The number of nitrogens with zero attached hydrogens (tertiary/aromatic N) is 4. The van der Waals surface area contributed by atoms with Crippen LogP contribution in [0.2, 0.25) is 0 Å². The Balaban J connectivity index is 1.73. The van der Waals surface area contributed by atoms with Gasteiger partial charge in [0.05, 0.1) is 0 Å². The van der Waals surface area contributed by atoms with Gasteiger partial charge in [-0.25, -0.2) is 0 Å². The van der Waals surface area contributed by atoms with Crippen molar-refractivity contribution in [1.29, 1.82) is 0 Å². The minimum atomic E-state index is -0.153. The molecule has 0 N–H and O–H groups in total. The molecule has 2 aromatic carbocycles. The average Bonchev–Trinajstić information content (AvgIpc) is 3.06. The maximum Gasteiger partial charge on any atom is 0.170 e. The molecule has 0 bridgehead atoms. The molecule has 0 fully saturated rings. The van der Waals surface area contributed by atoms with Gasteiger partial charge < -0.3 is 9.64 Å². The second-order valence-corrected chi connectivity index (χ2v) is 5.62. The zero-order valence-electron chi connectivity index (χ0n) is 14.3. The summed E-state index contributed by atoms with van der Waals surface area (Å²) in [7, 11) is 0. The van der Waals surface area contributed by atoms with Crippen molar-refractivity contribution in [3.63, 3.8) is 0 Å². The molecule has 0 aliphatic rings. The molecule has 1 heterocycles. The Hall–Kier alpha value is -2.40. The van der Waals surface area contributed by atoms with Crippen LogP contribution in [0.4, 0.5) is 5.69 Å². The molecule has 1 atom stereocenters. The highest BCUT2D eigenvalue weighted by Crippen LogP contribution is 2.19. The summed E-state index contributed by atoms with van der Waals surface area (Å²) >= 11 is 0. The van der Waals surface area contributed by atoms with Crippen LogP contribution < -0.4 is 4.90 Å². The minimum absolute atomic E-state index is 0.153. The van der Waals surface area contributed by atoms with Crippen LogP contribution in [-0.2, 0) is 4.74 Å². The molecule has 3 aromatic rings. The van der Waals surface area contributed by atoms with Gasteiger partial charge in [0.25, 0.3) is 0 Å². The Bertz CT molecular complexity index is 723. The summed E-state index contributed by atoms with van der Waals surface area (Å²) in [6.45, 7) is 6.66. The first-order chi connectivity index (χ1) is 11.8. The maximum atomic E-state index is 5.90. The summed E-state index contributed by atoms with van der Waals surface area (Å²) in [5.41, 5.74) is 3.03. The van der Waals surface area contributed by atoms with Crippen molar-refractivity contribution in [2.45, 2.75) is 26.5 Å². The van der Waals surface area contributed by atoms with Gasteiger partial charge in [-0.1, -0.05) is 30.3 Å². The SMILES string of the molecule is CCOC(CCN(CC)c1ccccc1)n1nc2ccccc2n1. The number of ether oxygens (including phenoxy) is 1. The number of hydrogen-bond acceptors (Lipinski definition) is 4. The number of fused-ring (bicyclic) bond motifs is 1. The van der Waals surface area contributed by atoms with Crippen LogP contribution in [0.5, 0.6) is 0 Å². The molecule has 5 heteroatoms. The lowest BCUT2D eigenvalue weighted by Gasteiger charge is -2.25. The zero-order valence-corrected chi connectivity index (χ0v) is 14.3. The molecule has 24 heavy (non-hydrogen) atoms. The van der Waals surface area contributed by atoms with Gasteiger partial charge in [0.15, 0.2) is 6.23 Å². The van der Waals surface area contributed by atoms with E-state index >= 15 is 0 Å². The predicted octanol–water partition coefficient (Wildman–Crippen LogP) is 3.88. The standard InChI is InChI=1S/C19H24N4O/c1-3-22(16-10-6-5-7-11-16)15-14-19(24-4-2)23-20-17-12-8-9-13-18(17)21-23/h5-13,19H,3-4,14-15H2,1-2H3. The Morgan fingerprint density at radius 3 is 2.17 bits per heavy atom. The molecule has 0 aliphatic heterocycles. The van der Waals surface area contributed by atoms with Crippen LogP contribution in [0.25, 0.3) is 11.0 Å². The molecule has 0 aliphatic carbocycles. The van der Waals surface area contributed by atoms with Gasteiger partial charge in [0.1, 0.15) is 11.0 Å². The van der Waals surface area contributed by atoms with E-state index in [1.807, 2.05) is 37.3 Å². The lowest BCUT2D eigenvalue weighted by atomic mass is 10.2. The number of anilines is 1. The topological polar surface area (TPSA) is 43.2 Å². The molecule has 0 amide bonds. The van der Waals surface area contributed by atoms with E-state index in [-0.39, 0.29) is 6.23 Å². The van der Waals surface area contributed by atoms with Crippen molar-refractivity contribution in [3.8, 4) is 0 Å². The summed E-state index contributed by atoms with van der Waals surface area (Å²) in [6, 6.07) is 18.4. The van der Waals surface area contributed by atoms with Crippen molar-refractivity contribution in [2.75, 3.05) is 24.6 Å². The zero-order chi connectivity index (χ0) is 16.8. The van der Waals surface area contributed by atoms with Crippen molar-refractivity contribution < 1.29 is 4.74 Å². The molecule has 0 radical (unpaired) electrons. The molecule has 126 valence electrons. The van der Waals surface area contributed by atoms with E-state index in [0.717, 1.165) is 30.5 Å². The van der Waals surface area contributed by atoms with Gasteiger partial charge in [-0.15, -0.1) is 0 Å². The van der Waals surface area contributed by atoms with Crippen LogP contribution in [0.1, 0.15) is 26.5 Å². The molecule has 3 rings (SSSR count). The molecule has 0 saturated heterocycles. The van der Waals surface area contributed by atoms with Crippen molar-refractivity contribution in [1.82, 2.24) is 15.0 Å². The molecule has 1 aromatic heterocycles. The summed E-state index contributed by atoms with van der Waals surface area (Å²) in [5.74, 6) is 0. The van der Waals surface area contributed by atoms with E-state index in [4.69, 9.17) is 4.74 Å². The van der Waals surface area contributed by atoms with Gasteiger partial charge >= 0.3 is 0 Å². The number of hydrogen-bond donors (Lipinski definition) is 0. The first-order valence-electron chi connectivity index (χ1n) is 8.55. The molecule has 1 unspecified atom stereocenters. The predicted molar refractivity (Wildman–Crippen MR) is 97.1 cm³/mol. The Morgan fingerprint density at radius 1 is 0.958 bits per heavy atom. The van der Waals surface area contributed by atoms with Crippen molar-refractivity contribution in [2.24, 2.45) is 0 Å². The van der Waals surface area contributed by atoms with Crippen molar-refractivity contribution in [3.05, 3.63) is 54.6 Å². The second-order valence-electron chi connectivity index (χ2n) is 5.62. The third-order valence-electron chi connectivity index (χ3n) is 4.07. The first-order valence-corrected chi connectivity index (χ1v) is 8.55. The summed E-state index contributed by atoms with van der Waals surface area (Å²) in [4.78, 5) is 4.06. The van der Waals surface area contributed by atoms with Gasteiger partial charge in [-0.3, -0.25) is 0 Å². The molecular formula is C19H24N4O. The lowest BCUT2D eigenvalue weighted by Crippen LogP contribution is -2.28. The summed E-state index contributed by atoms with van der Waals surface area (Å²) in [6.07, 6.45) is 0.678. The molecule has 0 spiro atoms. The Kier molecular flexibility index (Phi) is 5.43. The first kappa shape index (κ1) is 16.5. The van der Waals surface area contributed by atoms with Gasteiger partial charge in [0.2, 0.25) is 0 Å². The minimum Gasteiger partial charge on any atom is -0.372 e. The van der Waals surface area contributed by atoms with Crippen LogP contribution in [-0.4, -0.2) is 34.7 Å². The number of rotatable bonds is 8. The number of benzene rings is 2. The Labute approximate surface area is 142 Å². The van der Waals surface area contributed by atoms with E-state index in [1.165, 1.54) is 5.69 Å². The van der Waals surface area contributed by atoms with Crippen LogP contribution >= 0.6 is 0 Å². The summed E-state index contributed by atoms with van der Waals surface area (Å²) < 4.78 is 5.90. The van der Waals surface area contributed by atoms with E-state index in [9.17, 15) is 0 Å². The van der Waals surface area contributed by atoms with Gasteiger partial charge in [0, 0.05) is 31.8 Å². The van der Waals surface area contributed by atoms with Gasteiger partial charge in [-0.2, -0.15) is 15.0 Å². The normalized spacial score (nSPS) is 12.4. The average molecular weight is 324 g/mol. The molecule has 0 saturated carbocycles. The summed E-state index contributed by atoms with van der Waals surface area (Å²) in [5, 5.41) is 9.14. The van der Waals surface area contributed by atoms with Gasteiger partial charge in [-0.05, 0) is 38.1 Å². The van der Waals surface area contributed by atoms with Crippen LogP contribution in [0.3, 0.4) is 0 Å². The lowest BCUT2D eigenvalue weighted by molar-refractivity contribution is -0.0122. The quantitative estimate of drug-likeness (QED) is 0.630. The smallest absolute Gasteiger partial charge is 0.170 e. The molecule has 5 nitrogen and oxygen atoms in total.